The lowest BCUT2D eigenvalue weighted by molar-refractivity contribution is 0.222. The first kappa shape index (κ1) is 18.7. The van der Waals surface area contributed by atoms with Crippen molar-refractivity contribution in [3.63, 3.8) is 0 Å². The van der Waals surface area contributed by atoms with Gasteiger partial charge in [0.15, 0.2) is 23.0 Å². The summed E-state index contributed by atoms with van der Waals surface area (Å²) in [6, 6.07) is 4.34. The van der Waals surface area contributed by atoms with Crippen molar-refractivity contribution in [3.05, 3.63) is 28.8 Å². The number of benzene rings is 2. The molecule has 4 rings (SSSR count). The quantitative estimate of drug-likeness (QED) is 0.785. The molecule has 1 heterocycles. The highest BCUT2D eigenvalue weighted by atomic mass is 16.5. The van der Waals surface area contributed by atoms with Crippen LogP contribution >= 0.6 is 0 Å². The fourth-order valence-electron chi connectivity index (χ4n) is 4.75. The zero-order valence-corrected chi connectivity index (χ0v) is 17.3. The summed E-state index contributed by atoms with van der Waals surface area (Å²) in [6.45, 7) is 0.964. The molecule has 1 aliphatic carbocycles. The number of rotatable bonds is 5. The van der Waals surface area contributed by atoms with Crippen LogP contribution in [0.15, 0.2) is 12.1 Å². The van der Waals surface area contributed by atoms with E-state index in [1.165, 1.54) is 16.7 Å². The fraction of sp³-hybridized carbons (Fsp3) is 0.455. The summed E-state index contributed by atoms with van der Waals surface area (Å²) in [7, 11) is 10.5. The highest BCUT2D eigenvalue weighted by Gasteiger charge is 2.40. The van der Waals surface area contributed by atoms with Crippen LogP contribution in [0.3, 0.4) is 0 Å². The Morgan fingerprint density at radius 2 is 1.46 bits per heavy atom. The van der Waals surface area contributed by atoms with E-state index in [2.05, 4.69) is 18.0 Å². The second-order valence-electron chi connectivity index (χ2n) is 7.15. The van der Waals surface area contributed by atoms with E-state index < -0.39 is 0 Å². The normalized spacial score (nSPS) is 17.4. The van der Waals surface area contributed by atoms with E-state index in [0.29, 0.717) is 17.2 Å². The Balaban J connectivity index is 2.17. The van der Waals surface area contributed by atoms with Gasteiger partial charge in [0.05, 0.1) is 35.5 Å². The van der Waals surface area contributed by atoms with Crippen LogP contribution in [0.25, 0.3) is 11.1 Å². The first-order chi connectivity index (χ1) is 13.6. The van der Waals surface area contributed by atoms with Crippen molar-refractivity contribution in [1.29, 1.82) is 0 Å². The summed E-state index contributed by atoms with van der Waals surface area (Å²) >= 11 is 0. The third kappa shape index (κ3) is 2.44. The minimum Gasteiger partial charge on any atom is -0.493 e. The molecule has 0 aromatic heterocycles. The standard InChI is InChI=1S/C22H27NO5/c1-23-10-9-13-17-14(23)11-12-7-8-15(24-2)20(26-4)16(12)18(17)21(27-5)22(28-6)19(13)25-3/h7-8,14H,9-11H2,1-6H3. The zero-order chi connectivity index (χ0) is 20.0. The van der Waals surface area contributed by atoms with Gasteiger partial charge in [-0.2, -0.15) is 0 Å². The Bertz CT molecular complexity index is 924. The smallest absolute Gasteiger partial charge is 0.204 e. The minimum atomic E-state index is 0.248. The van der Waals surface area contributed by atoms with E-state index in [4.69, 9.17) is 23.7 Å². The Morgan fingerprint density at radius 1 is 0.786 bits per heavy atom. The average Bonchev–Trinajstić information content (AvgIpc) is 2.73. The second-order valence-corrected chi connectivity index (χ2v) is 7.15. The number of hydrogen-bond donors (Lipinski definition) is 0. The summed E-state index contributed by atoms with van der Waals surface area (Å²) in [6.07, 6.45) is 1.78. The maximum absolute atomic E-state index is 5.89. The van der Waals surface area contributed by atoms with Crippen LogP contribution in [0.2, 0.25) is 0 Å². The van der Waals surface area contributed by atoms with Gasteiger partial charge in [0.25, 0.3) is 0 Å². The van der Waals surface area contributed by atoms with Crippen molar-refractivity contribution in [3.8, 4) is 39.9 Å². The van der Waals surface area contributed by atoms with Gasteiger partial charge >= 0.3 is 0 Å². The molecule has 150 valence electrons. The lowest BCUT2D eigenvalue weighted by Gasteiger charge is -2.41. The fourth-order valence-corrected chi connectivity index (χ4v) is 4.75. The minimum absolute atomic E-state index is 0.248. The molecule has 28 heavy (non-hydrogen) atoms. The maximum atomic E-state index is 5.89. The molecule has 1 aliphatic heterocycles. The van der Waals surface area contributed by atoms with Gasteiger partial charge in [0.1, 0.15) is 0 Å². The van der Waals surface area contributed by atoms with Crippen LogP contribution < -0.4 is 23.7 Å². The van der Waals surface area contributed by atoms with Gasteiger partial charge in [-0.05, 0) is 37.1 Å². The monoisotopic (exact) mass is 385 g/mol. The third-order valence-electron chi connectivity index (χ3n) is 6.00. The zero-order valence-electron chi connectivity index (χ0n) is 17.3. The largest absolute Gasteiger partial charge is 0.493 e. The van der Waals surface area contributed by atoms with Crippen molar-refractivity contribution in [1.82, 2.24) is 4.90 Å². The predicted octanol–water partition coefficient (Wildman–Crippen LogP) is 3.48. The average molecular weight is 385 g/mol. The molecular weight excluding hydrogens is 358 g/mol. The van der Waals surface area contributed by atoms with E-state index in [-0.39, 0.29) is 6.04 Å². The van der Waals surface area contributed by atoms with Crippen molar-refractivity contribution in [2.45, 2.75) is 18.9 Å². The first-order valence-electron chi connectivity index (χ1n) is 9.40. The molecule has 2 aromatic carbocycles. The molecule has 2 aromatic rings. The molecule has 0 saturated carbocycles. The Hall–Kier alpha value is -2.60. The SMILES string of the molecule is COc1ccc2c(c1OC)-c1c(OC)c(OC)c(OC)c3c1C(C2)N(C)CC3. The molecule has 6 nitrogen and oxygen atoms in total. The number of ether oxygens (including phenoxy) is 5. The van der Waals surface area contributed by atoms with Crippen LogP contribution in [0.4, 0.5) is 0 Å². The summed E-state index contributed by atoms with van der Waals surface area (Å²) in [4.78, 5) is 2.40. The molecule has 0 radical (unpaired) electrons. The predicted molar refractivity (Wildman–Crippen MR) is 107 cm³/mol. The van der Waals surface area contributed by atoms with Gasteiger partial charge in [-0.1, -0.05) is 6.07 Å². The maximum Gasteiger partial charge on any atom is 0.204 e. The third-order valence-corrected chi connectivity index (χ3v) is 6.00. The topological polar surface area (TPSA) is 49.4 Å². The van der Waals surface area contributed by atoms with Crippen LogP contribution in [-0.2, 0) is 12.8 Å². The number of fused-ring (bicyclic) bond motifs is 2. The number of nitrogens with zero attached hydrogens (tertiary/aromatic N) is 1. The molecule has 1 unspecified atom stereocenters. The molecule has 0 N–H and O–H groups in total. The highest BCUT2D eigenvalue weighted by molar-refractivity contribution is 5.90. The van der Waals surface area contributed by atoms with Crippen molar-refractivity contribution < 1.29 is 23.7 Å². The summed E-state index contributed by atoms with van der Waals surface area (Å²) in [5.41, 5.74) is 5.67. The molecule has 0 saturated heterocycles. The van der Waals surface area contributed by atoms with Crippen molar-refractivity contribution in [2.24, 2.45) is 0 Å². The summed E-state index contributed by atoms with van der Waals surface area (Å²) in [5.74, 6) is 3.49. The van der Waals surface area contributed by atoms with Gasteiger partial charge in [0, 0.05) is 29.3 Å². The van der Waals surface area contributed by atoms with Gasteiger partial charge < -0.3 is 23.7 Å². The molecule has 2 aliphatic rings. The number of likely N-dealkylation sites (N-methyl/N-ethyl adjacent to an activating group) is 1. The van der Waals surface area contributed by atoms with Gasteiger partial charge in [-0.3, -0.25) is 4.90 Å². The van der Waals surface area contributed by atoms with Crippen LogP contribution in [-0.4, -0.2) is 54.0 Å². The van der Waals surface area contributed by atoms with Gasteiger partial charge in [-0.15, -0.1) is 0 Å². The van der Waals surface area contributed by atoms with E-state index in [0.717, 1.165) is 42.0 Å². The second kappa shape index (κ2) is 7.09. The number of hydrogen-bond acceptors (Lipinski definition) is 6. The molecule has 0 spiro atoms. The Labute approximate surface area is 165 Å². The lowest BCUT2D eigenvalue weighted by Crippen LogP contribution is -2.36. The first-order valence-corrected chi connectivity index (χ1v) is 9.40. The summed E-state index contributed by atoms with van der Waals surface area (Å²) < 4.78 is 28.8. The summed E-state index contributed by atoms with van der Waals surface area (Å²) in [5, 5.41) is 0. The molecule has 0 amide bonds. The van der Waals surface area contributed by atoms with Crippen LogP contribution in [0.1, 0.15) is 22.7 Å². The van der Waals surface area contributed by atoms with E-state index in [9.17, 15) is 0 Å². The Kier molecular flexibility index (Phi) is 4.75. The number of methoxy groups -OCH3 is 5. The van der Waals surface area contributed by atoms with E-state index in [1.807, 2.05) is 6.07 Å². The van der Waals surface area contributed by atoms with Gasteiger partial charge in [-0.25, -0.2) is 0 Å². The van der Waals surface area contributed by atoms with Crippen LogP contribution in [0.5, 0.6) is 28.7 Å². The highest BCUT2D eigenvalue weighted by Crippen LogP contribution is 2.59. The molecule has 0 bridgehead atoms. The van der Waals surface area contributed by atoms with E-state index >= 15 is 0 Å². The molecular formula is C22H27NO5. The van der Waals surface area contributed by atoms with Crippen LogP contribution in [0, 0.1) is 0 Å². The molecule has 0 fully saturated rings. The lowest BCUT2D eigenvalue weighted by atomic mass is 9.75. The van der Waals surface area contributed by atoms with Crippen molar-refractivity contribution >= 4 is 0 Å². The molecule has 6 heteroatoms. The van der Waals surface area contributed by atoms with E-state index in [1.54, 1.807) is 35.5 Å². The molecule has 1 atom stereocenters. The van der Waals surface area contributed by atoms with Crippen molar-refractivity contribution in [2.75, 3.05) is 49.1 Å². The Morgan fingerprint density at radius 3 is 2.07 bits per heavy atom. The van der Waals surface area contributed by atoms with Gasteiger partial charge in [0.2, 0.25) is 5.75 Å².